The van der Waals surface area contributed by atoms with Gasteiger partial charge in [0.05, 0.1) is 18.7 Å². The highest BCUT2D eigenvalue weighted by Crippen LogP contribution is 2.43. The van der Waals surface area contributed by atoms with Crippen LogP contribution in [-0.2, 0) is 16.9 Å². The van der Waals surface area contributed by atoms with E-state index in [1.807, 2.05) is 0 Å². The molecule has 142 valence electrons. The summed E-state index contributed by atoms with van der Waals surface area (Å²) in [5.74, 6) is -0.927. The van der Waals surface area contributed by atoms with Crippen molar-refractivity contribution in [3.63, 3.8) is 0 Å². The van der Waals surface area contributed by atoms with Crippen LogP contribution in [0.5, 0.6) is 0 Å². The number of anilines is 1. The first-order valence-corrected chi connectivity index (χ1v) is 8.87. The minimum absolute atomic E-state index is 0.0428. The number of furan rings is 1. The van der Waals surface area contributed by atoms with Crippen LogP contribution >= 0.6 is 0 Å². The topological polar surface area (TPSA) is 70.8 Å². The lowest BCUT2D eigenvalue weighted by atomic mass is 9.89. The Hall–Kier alpha value is -3.25. The predicted octanol–water partition coefficient (Wildman–Crippen LogP) is 3.73. The van der Waals surface area contributed by atoms with Crippen LogP contribution in [0.15, 0.2) is 65.1 Å². The molecule has 0 saturated heterocycles. The number of Topliss-reactive ketones (excluding diaryl/α,β-unsaturated/α-hetero) is 1. The van der Waals surface area contributed by atoms with Gasteiger partial charge in [-0.2, -0.15) is 0 Å². The first-order chi connectivity index (χ1) is 13.4. The van der Waals surface area contributed by atoms with Crippen LogP contribution in [0.2, 0.25) is 0 Å². The van der Waals surface area contributed by atoms with Crippen molar-refractivity contribution in [2.24, 2.45) is 0 Å². The molecule has 0 saturated carbocycles. The van der Waals surface area contributed by atoms with Gasteiger partial charge in [-0.15, -0.1) is 0 Å². The molecule has 2 heterocycles. The molecule has 3 aromatic rings. The maximum Gasteiger partial charge on any atom is 0.264 e. The molecule has 4 rings (SSSR count). The maximum absolute atomic E-state index is 14.1. The summed E-state index contributed by atoms with van der Waals surface area (Å²) in [7, 11) is 0. The number of aliphatic hydroxyl groups is 1. The van der Waals surface area contributed by atoms with Gasteiger partial charge in [0.25, 0.3) is 5.91 Å². The Morgan fingerprint density at radius 2 is 1.82 bits per heavy atom. The SMILES string of the molecule is Cc1ccc(C(=O)C[C@]2(O)C(=O)N(Cc3ccccc3F)c3ccccc32)o1. The number of carbonyl (C=O) groups excluding carboxylic acids is 2. The molecule has 1 amide bonds. The van der Waals surface area contributed by atoms with E-state index in [1.54, 1.807) is 55.5 Å². The fourth-order valence-corrected chi connectivity index (χ4v) is 3.54. The average molecular weight is 379 g/mol. The first kappa shape index (κ1) is 18.1. The number of nitrogens with zero attached hydrogens (tertiary/aromatic N) is 1. The molecule has 1 aromatic heterocycles. The van der Waals surface area contributed by atoms with Gasteiger partial charge in [0.15, 0.2) is 11.4 Å². The quantitative estimate of drug-likeness (QED) is 0.686. The van der Waals surface area contributed by atoms with Crippen LogP contribution in [0.25, 0.3) is 0 Å². The van der Waals surface area contributed by atoms with Crippen LogP contribution in [0, 0.1) is 12.7 Å². The summed E-state index contributed by atoms with van der Waals surface area (Å²) >= 11 is 0. The molecule has 5 nitrogen and oxygen atoms in total. The Bertz CT molecular complexity index is 1070. The summed E-state index contributed by atoms with van der Waals surface area (Å²) in [6.45, 7) is 1.66. The van der Waals surface area contributed by atoms with Crippen molar-refractivity contribution in [1.82, 2.24) is 0 Å². The molecule has 1 N–H and O–H groups in total. The molecule has 0 radical (unpaired) electrons. The zero-order valence-corrected chi connectivity index (χ0v) is 15.2. The molecule has 0 spiro atoms. The Morgan fingerprint density at radius 3 is 2.54 bits per heavy atom. The number of para-hydroxylation sites is 1. The van der Waals surface area contributed by atoms with Crippen molar-refractivity contribution in [1.29, 1.82) is 0 Å². The number of hydrogen-bond donors (Lipinski definition) is 1. The molecular formula is C22H18FNO4. The normalized spacial score (nSPS) is 18.4. The van der Waals surface area contributed by atoms with Gasteiger partial charge in [-0.25, -0.2) is 4.39 Å². The van der Waals surface area contributed by atoms with E-state index in [4.69, 9.17) is 4.42 Å². The van der Waals surface area contributed by atoms with Gasteiger partial charge in [-0.1, -0.05) is 36.4 Å². The molecule has 0 aliphatic carbocycles. The van der Waals surface area contributed by atoms with E-state index in [9.17, 15) is 19.1 Å². The van der Waals surface area contributed by atoms with Crippen LogP contribution in [0.4, 0.5) is 10.1 Å². The summed E-state index contributed by atoms with van der Waals surface area (Å²) in [5, 5.41) is 11.2. The number of amides is 1. The predicted molar refractivity (Wildman–Crippen MR) is 100 cm³/mol. The minimum atomic E-state index is -2.03. The highest BCUT2D eigenvalue weighted by Gasteiger charge is 2.51. The third kappa shape index (κ3) is 2.92. The van der Waals surface area contributed by atoms with Gasteiger partial charge in [-0.3, -0.25) is 9.59 Å². The smallest absolute Gasteiger partial charge is 0.264 e. The summed E-state index contributed by atoms with van der Waals surface area (Å²) in [6.07, 6.45) is -0.455. The van der Waals surface area contributed by atoms with Gasteiger partial charge in [0.2, 0.25) is 5.78 Å². The van der Waals surface area contributed by atoms with Crippen LogP contribution in [-0.4, -0.2) is 16.8 Å². The molecule has 0 fully saturated rings. The van der Waals surface area contributed by atoms with E-state index >= 15 is 0 Å². The van der Waals surface area contributed by atoms with E-state index in [1.165, 1.54) is 17.0 Å². The number of fused-ring (bicyclic) bond motifs is 1. The number of benzene rings is 2. The highest BCUT2D eigenvalue weighted by atomic mass is 19.1. The molecule has 28 heavy (non-hydrogen) atoms. The van der Waals surface area contributed by atoms with Crippen LogP contribution < -0.4 is 4.90 Å². The van der Waals surface area contributed by atoms with E-state index < -0.39 is 29.5 Å². The molecule has 0 unspecified atom stereocenters. The Kier molecular flexibility index (Phi) is 4.35. The lowest BCUT2D eigenvalue weighted by Crippen LogP contribution is -2.41. The van der Waals surface area contributed by atoms with Gasteiger partial charge in [0, 0.05) is 11.1 Å². The Labute approximate surface area is 161 Å². The zero-order chi connectivity index (χ0) is 19.9. The second-order valence-electron chi connectivity index (χ2n) is 6.87. The van der Waals surface area contributed by atoms with Crippen molar-refractivity contribution < 1.29 is 23.5 Å². The molecule has 1 atom stereocenters. The van der Waals surface area contributed by atoms with Crippen molar-refractivity contribution in [3.8, 4) is 0 Å². The fourth-order valence-electron chi connectivity index (χ4n) is 3.54. The number of aryl methyl sites for hydroxylation is 1. The summed E-state index contributed by atoms with van der Waals surface area (Å²) < 4.78 is 19.4. The molecule has 1 aliphatic heterocycles. The number of halogens is 1. The van der Waals surface area contributed by atoms with Gasteiger partial charge in [-0.05, 0) is 31.2 Å². The molecule has 2 aromatic carbocycles. The second kappa shape index (κ2) is 6.73. The summed E-state index contributed by atoms with van der Waals surface area (Å²) in [4.78, 5) is 27.1. The lowest BCUT2D eigenvalue weighted by molar-refractivity contribution is -0.136. The Balaban J connectivity index is 1.70. The number of rotatable bonds is 5. The van der Waals surface area contributed by atoms with Crippen molar-refractivity contribution in [2.45, 2.75) is 25.5 Å². The lowest BCUT2D eigenvalue weighted by Gasteiger charge is -2.22. The molecular weight excluding hydrogens is 361 g/mol. The largest absolute Gasteiger partial charge is 0.458 e. The second-order valence-corrected chi connectivity index (χ2v) is 6.87. The van der Waals surface area contributed by atoms with E-state index in [-0.39, 0.29) is 12.3 Å². The zero-order valence-electron chi connectivity index (χ0n) is 15.2. The summed E-state index contributed by atoms with van der Waals surface area (Å²) in [5.41, 5.74) is -0.919. The van der Waals surface area contributed by atoms with Gasteiger partial charge >= 0.3 is 0 Å². The third-order valence-corrected chi connectivity index (χ3v) is 4.96. The third-order valence-electron chi connectivity index (χ3n) is 4.96. The highest BCUT2D eigenvalue weighted by molar-refractivity contribution is 6.10. The van der Waals surface area contributed by atoms with Crippen LogP contribution in [0.1, 0.15) is 33.9 Å². The number of carbonyl (C=O) groups is 2. The fraction of sp³-hybridized carbons (Fsp3) is 0.182. The van der Waals surface area contributed by atoms with Gasteiger partial charge < -0.3 is 14.4 Å². The minimum Gasteiger partial charge on any atom is -0.458 e. The average Bonchev–Trinajstić information content (AvgIpc) is 3.20. The molecule has 6 heteroatoms. The van der Waals surface area contributed by atoms with Crippen molar-refractivity contribution in [2.75, 3.05) is 4.90 Å². The summed E-state index contributed by atoms with van der Waals surface area (Å²) in [6, 6.07) is 16.0. The molecule has 0 bridgehead atoms. The number of ketones is 1. The standard InChI is InChI=1S/C22H18FNO4/c1-14-10-11-20(28-14)19(25)12-22(27)16-7-3-5-9-18(16)24(21(22)26)13-15-6-2-4-8-17(15)23/h2-11,27H,12-13H2,1H3/t22-/m1/s1. The Morgan fingerprint density at radius 1 is 1.11 bits per heavy atom. The van der Waals surface area contributed by atoms with Crippen molar-refractivity contribution in [3.05, 3.63) is 89.1 Å². The van der Waals surface area contributed by atoms with Gasteiger partial charge in [0.1, 0.15) is 11.6 Å². The number of hydrogen-bond acceptors (Lipinski definition) is 4. The van der Waals surface area contributed by atoms with Crippen molar-refractivity contribution >= 4 is 17.4 Å². The van der Waals surface area contributed by atoms with E-state index in [0.29, 0.717) is 22.6 Å². The van der Waals surface area contributed by atoms with Crippen LogP contribution in [0.3, 0.4) is 0 Å². The monoisotopic (exact) mass is 379 g/mol. The van der Waals surface area contributed by atoms with E-state index in [2.05, 4.69) is 0 Å². The first-order valence-electron chi connectivity index (χ1n) is 8.87. The van der Waals surface area contributed by atoms with E-state index in [0.717, 1.165) is 0 Å². The maximum atomic E-state index is 14.1. The molecule has 1 aliphatic rings.